The Bertz CT molecular complexity index is 1150. The van der Waals surface area contributed by atoms with Crippen molar-refractivity contribution < 1.29 is 18.8 Å². The second-order valence-corrected chi connectivity index (χ2v) is 9.30. The van der Waals surface area contributed by atoms with Crippen LogP contribution in [0, 0.1) is 23.1 Å². The molecule has 3 aliphatic heterocycles. The predicted octanol–water partition coefficient (Wildman–Crippen LogP) is 3.32. The summed E-state index contributed by atoms with van der Waals surface area (Å²) in [5.74, 6) is -3.24. The number of halogens is 1. The summed E-state index contributed by atoms with van der Waals surface area (Å²) in [7, 11) is 0. The lowest BCUT2D eigenvalue weighted by atomic mass is 9.79. The smallest absolute Gasteiger partial charge is 0.240 e. The van der Waals surface area contributed by atoms with Crippen molar-refractivity contribution in [3.05, 3.63) is 65.5 Å². The van der Waals surface area contributed by atoms with Crippen LogP contribution in [0.2, 0.25) is 0 Å². The Kier molecular flexibility index (Phi) is 4.16. The molecule has 5 rings (SSSR count). The standard InChI is InChI=1S/C24H22FN3O3/c1-24(2,3)21(29)20-18-17(19-16-10-5-4-7-13(16)12-26-28(19)20)22(30)27(23(18)31)15-9-6-8-14(25)11-15/h4-12,17-20H,1-3H3/t17-,18+,19?,20-/m0/s1. The topological polar surface area (TPSA) is 70.0 Å². The van der Waals surface area contributed by atoms with Gasteiger partial charge >= 0.3 is 0 Å². The molecule has 7 heteroatoms. The summed E-state index contributed by atoms with van der Waals surface area (Å²) in [5, 5.41) is 6.16. The van der Waals surface area contributed by atoms with Crippen LogP contribution in [-0.2, 0) is 14.4 Å². The molecule has 0 radical (unpaired) electrons. The Balaban J connectivity index is 1.67. The Hall–Kier alpha value is -3.35. The average Bonchev–Trinajstić information content (AvgIpc) is 3.19. The van der Waals surface area contributed by atoms with Gasteiger partial charge in [0.1, 0.15) is 11.9 Å². The van der Waals surface area contributed by atoms with Crippen molar-refractivity contribution >= 4 is 29.5 Å². The van der Waals surface area contributed by atoms with E-state index in [4.69, 9.17) is 0 Å². The number of hydrogen-bond acceptors (Lipinski definition) is 5. The van der Waals surface area contributed by atoms with Crippen LogP contribution in [0.15, 0.2) is 53.6 Å². The largest absolute Gasteiger partial charge is 0.297 e. The number of imide groups is 1. The molecule has 0 aliphatic carbocycles. The molecule has 158 valence electrons. The van der Waals surface area contributed by atoms with Crippen LogP contribution in [-0.4, -0.2) is 34.9 Å². The molecule has 31 heavy (non-hydrogen) atoms. The molecule has 0 N–H and O–H groups in total. The minimum atomic E-state index is -0.879. The van der Waals surface area contributed by atoms with Crippen molar-refractivity contribution in [2.45, 2.75) is 32.9 Å². The number of amides is 2. The molecule has 0 aromatic heterocycles. The highest BCUT2D eigenvalue weighted by molar-refractivity contribution is 6.24. The number of nitrogens with zero attached hydrogens (tertiary/aromatic N) is 3. The lowest BCUT2D eigenvalue weighted by Crippen LogP contribution is -2.48. The zero-order valence-electron chi connectivity index (χ0n) is 17.4. The molecule has 2 fully saturated rings. The molecular formula is C24H22FN3O3. The molecule has 6 nitrogen and oxygen atoms in total. The second kappa shape index (κ2) is 6.57. The minimum absolute atomic E-state index is 0.149. The summed E-state index contributed by atoms with van der Waals surface area (Å²) in [6.45, 7) is 5.39. The number of hydrogen-bond donors (Lipinski definition) is 0. The zero-order valence-corrected chi connectivity index (χ0v) is 17.4. The number of ketones is 1. The number of carbonyl (C=O) groups is 3. The summed E-state index contributed by atoms with van der Waals surface area (Å²) in [5.41, 5.74) is 1.17. The fraction of sp³-hybridized carbons (Fsp3) is 0.333. The van der Waals surface area contributed by atoms with Crippen LogP contribution < -0.4 is 4.90 Å². The summed E-state index contributed by atoms with van der Waals surface area (Å²) < 4.78 is 13.9. The van der Waals surface area contributed by atoms with Crippen LogP contribution in [0.4, 0.5) is 10.1 Å². The Morgan fingerprint density at radius 3 is 2.42 bits per heavy atom. The summed E-state index contributed by atoms with van der Waals surface area (Å²) in [4.78, 5) is 41.7. The van der Waals surface area contributed by atoms with Gasteiger partial charge < -0.3 is 0 Å². The highest BCUT2D eigenvalue weighted by Crippen LogP contribution is 2.53. The van der Waals surface area contributed by atoms with Gasteiger partial charge in [-0.25, -0.2) is 9.29 Å². The Labute approximate surface area is 179 Å². The van der Waals surface area contributed by atoms with Gasteiger partial charge in [0, 0.05) is 5.41 Å². The number of Topliss-reactive ketones (excluding diaryl/α,β-unsaturated/α-hetero) is 1. The minimum Gasteiger partial charge on any atom is -0.297 e. The highest BCUT2D eigenvalue weighted by atomic mass is 19.1. The van der Waals surface area contributed by atoms with Gasteiger partial charge in [-0.15, -0.1) is 0 Å². The van der Waals surface area contributed by atoms with Crippen LogP contribution in [0.5, 0.6) is 0 Å². The highest BCUT2D eigenvalue weighted by Gasteiger charge is 2.66. The molecule has 2 aromatic rings. The molecule has 2 amide bonds. The van der Waals surface area contributed by atoms with Crippen LogP contribution >= 0.6 is 0 Å². The zero-order chi connectivity index (χ0) is 22.1. The Morgan fingerprint density at radius 1 is 1.00 bits per heavy atom. The molecule has 0 bridgehead atoms. The third kappa shape index (κ3) is 2.76. The Morgan fingerprint density at radius 2 is 1.71 bits per heavy atom. The van der Waals surface area contributed by atoms with Gasteiger partial charge in [-0.3, -0.25) is 19.4 Å². The maximum atomic E-state index is 13.9. The molecule has 3 heterocycles. The van der Waals surface area contributed by atoms with E-state index in [1.54, 1.807) is 32.0 Å². The van der Waals surface area contributed by atoms with Crippen molar-refractivity contribution in [1.82, 2.24) is 5.01 Å². The summed E-state index contributed by atoms with van der Waals surface area (Å²) >= 11 is 0. The molecule has 1 unspecified atom stereocenters. The number of rotatable bonds is 2. The van der Waals surface area contributed by atoms with E-state index in [1.165, 1.54) is 24.3 Å². The van der Waals surface area contributed by atoms with E-state index >= 15 is 0 Å². The van der Waals surface area contributed by atoms with E-state index in [-0.39, 0.29) is 11.5 Å². The average molecular weight is 419 g/mol. The van der Waals surface area contributed by atoms with Gasteiger partial charge in [-0.1, -0.05) is 51.1 Å². The first kappa shape index (κ1) is 19.6. The van der Waals surface area contributed by atoms with Gasteiger partial charge in [0.15, 0.2) is 5.78 Å². The first-order chi connectivity index (χ1) is 14.7. The van der Waals surface area contributed by atoms with Gasteiger partial charge in [-0.2, -0.15) is 5.10 Å². The fourth-order valence-corrected chi connectivity index (χ4v) is 4.98. The first-order valence-electron chi connectivity index (χ1n) is 10.3. The van der Waals surface area contributed by atoms with Crippen molar-refractivity contribution in [2.75, 3.05) is 4.90 Å². The predicted molar refractivity (Wildman–Crippen MR) is 113 cm³/mol. The van der Waals surface area contributed by atoms with Gasteiger partial charge in [0.25, 0.3) is 0 Å². The molecule has 4 atom stereocenters. The second-order valence-electron chi connectivity index (χ2n) is 9.30. The van der Waals surface area contributed by atoms with E-state index in [1.807, 2.05) is 24.3 Å². The normalized spacial score (nSPS) is 26.7. The van der Waals surface area contributed by atoms with Crippen LogP contribution in [0.25, 0.3) is 0 Å². The van der Waals surface area contributed by atoms with E-state index in [2.05, 4.69) is 5.10 Å². The first-order valence-corrected chi connectivity index (χ1v) is 10.3. The lowest BCUT2D eigenvalue weighted by Gasteiger charge is -2.35. The van der Waals surface area contributed by atoms with E-state index in [0.717, 1.165) is 16.0 Å². The van der Waals surface area contributed by atoms with Crippen molar-refractivity contribution in [1.29, 1.82) is 0 Å². The quantitative estimate of drug-likeness (QED) is 0.701. The fourth-order valence-electron chi connectivity index (χ4n) is 4.98. The third-order valence-electron chi connectivity index (χ3n) is 6.37. The lowest BCUT2D eigenvalue weighted by molar-refractivity contribution is -0.136. The van der Waals surface area contributed by atoms with E-state index < -0.39 is 47.0 Å². The van der Waals surface area contributed by atoms with Crippen LogP contribution in [0.1, 0.15) is 37.9 Å². The number of anilines is 1. The summed E-state index contributed by atoms with van der Waals surface area (Å²) in [6.07, 6.45) is 1.68. The van der Waals surface area contributed by atoms with E-state index in [9.17, 15) is 18.8 Å². The van der Waals surface area contributed by atoms with E-state index in [0.29, 0.717) is 0 Å². The molecule has 0 saturated carbocycles. The number of benzene rings is 2. The van der Waals surface area contributed by atoms with Gasteiger partial charge in [-0.05, 0) is 29.3 Å². The third-order valence-corrected chi connectivity index (χ3v) is 6.37. The molecular weight excluding hydrogens is 397 g/mol. The number of hydrazone groups is 1. The SMILES string of the molecule is CC(C)(C)C(=O)[C@@H]1[C@@H]2C(=O)N(c3cccc(F)c3)C(=O)[C@@H]2C2c3ccccc3C=NN21. The molecule has 2 saturated heterocycles. The van der Waals surface area contributed by atoms with Gasteiger partial charge in [0.2, 0.25) is 11.8 Å². The van der Waals surface area contributed by atoms with Crippen molar-refractivity contribution in [3.8, 4) is 0 Å². The summed E-state index contributed by atoms with van der Waals surface area (Å²) in [6, 6.07) is 11.6. The molecule has 3 aliphatic rings. The van der Waals surface area contributed by atoms with Gasteiger partial charge in [0.05, 0.1) is 29.8 Å². The molecule has 0 spiro atoms. The monoisotopic (exact) mass is 419 g/mol. The van der Waals surface area contributed by atoms with Crippen molar-refractivity contribution in [2.24, 2.45) is 22.4 Å². The van der Waals surface area contributed by atoms with Crippen molar-refractivity contribution in [3.63, 3.8) is 0 Å². The number of carbonyl (C=O) groups excluding carboxylic acids is 3. The number of fused-ring (bicyclic) bond motifs is 5. The van der Waals surface area contributed by atoms with Crippen LogP contribution in [0.3, 0.4) is 0 Å². The maximum absolute atomic E-state index is 13.9. The maximum Gasteiger partial charge on any atom is 0.240 e. The molecule has 2 aromatic carbocycles.